The van der Waals surface area contributed by atoms with Crippen LogP contribution in [0.5, 0.6) is 0 Å². The van der Waals surface area contributed by atoms with Gasteiger partial charge >= 0.3 is 0 Å². The summed E-state index contributed by atoms with van der Waals surface area (Å²) >= 11 is 0. The fourth-order valence-electron chi connectivity index (χ4n) is 2.60. The highest BCUT2D eigenvalue weighted by Gasteiger charge is 2.18. The van der Waals surface area contributed by atoms with Crippen LogP contribution in [0.4, 0.5) is 5.69 Å². The number of carboxylic acid groups (broad SMARTS) is 1. The maximum Gasteiger partial charge on any atom is 0.262 e. The van der Waals surface area contributed by atoms with Crippen molar-refractivity contribution >= 4 is 27.6 Å². The van der Waals surface area contributed by atoms with Gasteiger partial charge in [-0.3, -0.25) is 9.52 Å². The van der Waals surface area contributed by atoms with E-state index in [1.54, 1.807) is 24.0 Å². The third-order valence-electron chi connectivity index (χ3n) is 4.15. The molecule has 1 amide bonds. The van der Waals surface area contributed by atoms with Crippen LogP contribution in [-0.2, 0) is 10.0 Å². The summed E-state index contributed by atoms with van der Waals surface area (Å²) in [5.74, 6) is -1.59. The first-order chi connectivity index (χ1) is 12.7. The predicted octanol–water partition coefficient (Wildman–Crippen LogP) is 1.64. The van der Waals surface area contributed by atoms with Crippen molar-refractivity contribution in [1.29, 1.82) is 0 Å². The molecule has 27 heavy (non-hydrogen) atoms. The number of rotatable bonds is 7. The molecule has 0 bridgehead atoms. The lowest BCUT2D eigenvalue weighted by Gasteiger charge is -2.18. The number of carboxylic acids is 1. The number of carbonyl (C=O) groups excluding carboxylic acids is 2. The quantitative estimate of drug-likeness (QED) is 0.775. The molecular formula is C19H21N2O5S-. The number of nitrogens with one attached hydrogen (secondary N) is 1. The fraction of sp³-hybridized carbons (Fsp3) is 0.263. The lowest BCUT2D eigenvalue weighted by molar-refractivity contribution is -0.255. The Kier molecular flexibility index (Phi) is 6.22. The number of hydrogen-bond acceptors (Lipinski definition) is 5. The average Bonchev–Trinajstić information content (AvgIpc) is 2.63. The molecule has 0 atom stereocenters. The number of carbonyl (C=O) groups is 2. The number of anilines is 1. The molecule has 0 aliphatic heterocycles. The van der Waals surface area contributed by atoms with Gasteiger partial charge in [0.1, 0.15) is 0 Å². The molecule has 0 unspecified atom stereocenters. The van der Waals surface area contributed by atoms with Gasteiger partial charge in [0.15, 0.2) is 0 Å². The third kappa shape index (κ3) is 4.65. The van der Waals surface area contributed by atoms with Gasteiger partial charge in [0.25, 0.3) is 15.9 Å². The molecule has 0 fully saturated rings. The Morgan fingerprint density at radius 2 is 1.56 bits per heavy atom. The van der Waals surface area contributed by atoms with Crippen LogP contribution in [0.2, 0.25) is 0 Å². The SMILES string of the molecule is CCN(CC)C(=O)c1ccc(NS(=O)(=O)c2cc(C(=O)[O-])ccc2C)cc1. The second kappa shape index (κ2) is 8.22. The van der Waals surface area contributed by atoms with E-state index in [1.165, 1.54) is 24.3 Å². The molecule has 0 radical (unpaired) electrons. The number of benzene rings is 2. The van der Waals surface area contributed by atoms with Crippen molar-refractivity contribution in [3.63, 3.8) is 0 Å². The Hall–Kier alpha value is -2.87. The lowest BCUT2D eigenvalue weighted by Crippen LogP contribution is -2.30. The standard InChI is InChI=1S/C19H22N2O5S/c1-4-21(5-2)18(22)14-8-10-16(11-9-14)20-27(25,26)17-12-15(19(23)24)7-6-13(17)3/h6-12,20H,4-5H2,1-3H3,(H,23,24)/p-1. The topological polar surface area (TPSA) is 107 Å². The van der Waals surface area contributed by atoms with Crippen molar-refractivity contribution in [2.75, 3.05) is 17.8 Å². The van der Waals surface area contributed by atoms with E-state index in [-0.39, 0.29) is 22.1 Å². The summed E-state index contributed by atoms with van der Waals surface area (Å²) in [6.45, 7) is 6.50. The van der Waals surface area contributed by atoms with Gasteiger partial charge in [0, 0.05) is 24.3 Å². The van der Waals surface area contributed by atoms with Gasteiger partial charge in [-0.05, 0) is 62.2 Å². The summed E-state index contributed by atoms with van der Waals surface area (Å²) in [4.78, 5) is 24.8. The van der Waals surface area contributed by atoms with Crippen molar-refractivity contribution in [2.24, 2.45) is 0 Å². The van der Waals surface area contributed by atoms with E-state index in [4.69, 9.17) is 0 Å². The minimum atomic E-state index is -4.00. The van der Waals surface area contributed by atoms with Gasteiger partial charge in [-0.2, -0.15) is 0 Å². The zero-order valence-corrected chi connectivity index (χ0v) is 16.2. The molecule has 0 saturated carbocycles. The van der Waals surface area contributed by atoms with Gasteiger partial charge in [-0.25, -0.2) is 8.42 Å². The Morgan fingerprint density at radius 1 is 1.00 bits per heavy atom. The lowest BCUT2D eigenvalue weighted by atomic mass is 10.1. The molecule has 2 rings (SSSR count). The van der Waals surface area contributed by atoms with E-state index >= 15 is 0 Å². The van der Waals surface area contributed by atoms with E-state index < -0.39 is 16.0 Å². The van der Waals surface area contributed by atoms with E-state index in [9.17, 15) is 23.1 Å². The first-order valence-electron chi connectivity index (χ1n) is 8.43. The monoisotopic (exact) mass is 389 g/mol. The van der Waals surface area contributed by atoms with Crippen molar-refractivity contribution in [3.8, 4) is 0 Å². The Morgan fingerprint density at radius 3 is 2.07 bits per heavy atom. The van der Waals surface area contributed by atoms with Gasteiger partial charge in [0.05, 0.1) is 10.9 Å². The minimum Gasteiger partial charge on any atom is -0.545 e. The number of aromatic carboxylic acids is 1. The van der Waals surface area contributed by atoms with Gasteiger partial charge in [-0.15, -0.1) is 0 Å². The first kappa shape index (κ1) is 20.4. The second-order valence-corrected chi connectivity index (χ2v) is 7.58. The molecule has 7 nitrogen and oxygen atoms in total. The number of sulfonamides is 1. The van der Waals surface area contributed by atoms with Gasteiger partial charge in [0.2, 0.25) is 0 Å². The summed E-state index contributed by atoms with van der Waals surface area (Å²) in [7, 11) is -4.00. The Labute approximate surface area is 158 Å². The highest BCUT2D eigenvalue weighted by molar-refractivity contribution is 7.92. The molecule has 8 heteroatoms. The van der Waals surface area contributed by atoms with Crippen molar-refractivity contribution in [3.05, 3.63) is 59.2 Å². The van der Waals surface area contributed by atoms with Crippen LogP contribution in [0.1, 0.15) is 40.1 Å². The van der Waals surface area contributed by atoms with Crippen molar-refractivity contribution in [1.82, 2.24) is 4.90 Å². The molecule has 0 aliphatic carbocycles. The van der Waals surface area contributed by atoms with E-state index in [2.05, 4.69) is 4.72 Å². The molecule has 2 aromatic carbocycles. The van der Waals surface area contributed by atoms with E-state index in [0.717, 1.165) is 6.07 Å². The van der Waals surface area contributed by atoms with Crippen LogP contribution in [0.3, 0.4) is 0 Å². The number of nitrogens with zero attached hydrogens (tertiary/aromatic N) is 1. The molecule has 2 aromatic rings. The normalized spacial score (nSPS) is 11.1. The summed E-state index contributed by atoms with van der Waals surface area (Å²) in [5, 5.41) is 11.0. The number of hydrogen-bond donors (Lipinski definition) is 1. The zero-order valence-electron chi connectivity index (χ0n) is 15.4. The molecule has 0 saturated heterocycles. The summed E-state index contributed by atoms with van der Waals surface area (Å²) in [5.41, 5.74) is 0.906. The Bertz CT molecular complexity index is 949. The first-order valence-corrected chi connectivity index (χ1v) is 9.92. The fourth-order valence-corrected chi connectivity index (χ4v) is 3.93. The smallest absolute Gasteiger partial charge is 0.262 e. The predicted molar refractivity (Wildman–Crippen MR) is 100 cm³/mol. The number of aryl methyl sites for hydroxylation is 1. The van der Waals surface area contributed by atoms with Crippen LogP contribution in [-0.4, -0.2) is 38.3 Å². The van der Waals surface area contributed by atoms with E-state index in [0.29, 0.717) is 24.2 Å². The maximum atomic E-state index is 12.6. The van der Waals surface area contributed by atoms with Gasteiger partial charge < -0.3 is 14.8 Å². The highest BCUT2D eigenvalue weighted by Crippen LogP contribution is 2.21. The van der Waals surface area contributed by atoms with Crippen molar-refractivity contribution < 1.29 is 23.1 Å². The van der Waals surface area contributed by atoms with Crippen LogP contribution >= 0.6 is 0 Å². The van der Waals surface area contributed by atoms with Crippen LogP contribution < -0.4 is 9.83 Å². The molecule has 0 aliphatic rings. The third-order valence-corrected chi connectivity index (χ3v) is 5.67. The average molecular weight is 389 g/mol. The molecule has 0 heterocycles. The van der Waals surface area contributed by atoms with Crippen LogP contribution in [0.25, 0.3) is 0 Å². The maximum absolute atomic E-state index is 12.6. The van der Waals surface area contributed by atoms with E-state index in [1.807, 2.05) is 13.8 Å². The molecule has 0 aromatic heterocycles. The Balaban J connectivity index is 2.27. The van der Waals surface area contributed by atoms with Crippen LogP contribution in [0.15, 0.2) is 47.4 Å². The van der Waals surface area contributed by atoms with Crippen LogP contribution in [0, 0.1) is 6.92 Å². The summed E-state index contributed by atoms with van der Waals surface area (Å²) < 4.78 is 27.6. The molecular weight excluding hydrogens is 368 g/mol. The minimum absolute atomic E-state index is 0.132. The zero-order chi connectivity index (χ0) is 20.2. The molecule has 144 valence electrons. The molecule has 0 spiro atoms. The van der Waals surface area contributed by atoms with Crippen molar-refractivity contribution in [2.45, 2.75) is 25.7 Å². The number of amides is 1. The summed E-state index contributed by atoms with van der Waals surface area (Å²) in [6.07, 6.45) is 0. The molecule has 1 N–H and O–H groups in total. The summed E-state index contributed by atoms with van der Waals surface area (Å²) in [6, 6.07) is 9.83. The highest BCUT2D eigenvalue weighted by atomic mass is 32.2. The largest absolute Gasteiger partial charge is 0.545 e. The van der Waals surface area contributed by atoms with Gasteiger partial charge in [-0.1, -0.05) is 12.1 Å². The second-order valence-electron chi connectivity index (χ2n) is 5.93.